The summed E-state index contributed by atoms with van der Waals surface area (Å²) in [6.07, 6.45) is 5.17. The molecule has 1 aromatic rings. The van der Waals surface area contributed by atoms with E-state index in [0.29, 0.717) is 11.6 Å². The Kier molecular flexibility index (Phi) is 5.11. The van der Waals surface area contributed by atoms with Crippen LogP contribution in [0, 0.1) is 11.8 Å². The molecule has 1 aliphatic carbocycles. The van der Waals surface area contributed by atoms with Crippen LogP contribution < -0.4 is 15.8 Å². The molecule has 0 saturated heterocycles. The van der Waals surface area contributed by atoms with Crippen molar-refractivity contribution in [1.82, 2.24) is 4.72 Å². The van der Waals surface area contributed by atoms with Gasteiger partial charge in [0, 0.05) is 6.54 Å². The standard InChI is InChI=1S/C15H25N3O2S/c1-11-5-3-4-6-12(11)10-18-15-8-7-13(9-14(15)16)21(19,20)17-2/h7-9,11-12,17-18H,3-6,10,16H2,1-2H3. The minimum Gasteiger partial charge on any atom is -0.397 e. The van der Waals surface area contributed by atoms with Gasteiger partial charge >= 0.3 is 0 Å². The van der Waals surface area contributed by atoms with Gasteiger partial charge < -0.3 is 11.1 Å². The van der Waals surface area contributed by atoms with Gasteiger partial charge in [0.15, 0.2) is 0 Å². The molecule has 1 aromatic carbocycles. The molecule has 2 atom stereocenters. The molecule has 0 aromatic heterocycles. The summed E-state index contributed by atoms with van der Waals surface area (Å²) in [5.41, 5.74) is 7.24. The zero-order valence-corrected chi connectivity index (χ0v) is 13.5. The Bertz CT molecular complexity index is 587. The van der Waals surface area contributed by atoms with Gasteiger partial charge in [0.25, 0.3) is 0 Å². The number of benzene rings is 1. The van der Waals surface area contributed by atoms with Gasteiger partial charge in [0.2, 0.25) is 10.0 Å². The molecule has 1 aliphatic rings. The van der Waals surface area contributed by atoms with Crippen molar-refractivity contribution in [2.75, 3.05) is 24.6 Å². The van der Waals surface area contributed by atoms with Crippen LogP contribution in [-0.4, -0.2) is 22.0 Å². The van der Waals surface area contributed by atoms with E-state index in [4.69, 9.17) is 5.73 Å². The summed E-state index contributed by atoms with van der Waals surface area (Å²) in [7, 11) is -2.05. The second kappa shape index (κ2) is 6.66. The summed E-state index contributed by atoms with van der Waals surface area (Å²) in [5.74, 6) is 1.40. The first kappa shape index (κ1) is 16.1. The van der Waals surface area contributed by atoms with Crippen molar-refractivity contribution >= 4 is 21.4 Å². The van der Waals surface area contributed by atoms with E-state index in [-0.39, 0.29) is 4.90 Å². The lowest BCUT2D eigenvalue weighted by atomic mass is 9.80. The minimum atomic E-state index is -3.44. The van der Waals surface area contributed by atoms with E-state index in [1.54, 1.807) is 12.1 Å². The van der Waals surface area contributed by atoms with Gasteiger partial charge in [-0.05, 0) is 43.5 Å². The summed E-state index contributed by atoms with van der Waals surface area (Å²) in [5, 5.41) is 3.37. The normalized spacial score (nSPS) is 23.0. The average Bonchev–Trinajstić information content (AvgIpc) is 2.47. The number of nitrogens with one attached hydrogen (secondary N) is 2. The zero-order valence-electron chi connectivity index (χ0n) is 12.7. The van der Waals surface area contributed by atoms with E-state index >= 15 is 0 Å². The van der Waals surface area contributed by atoms with E-state index in [0.717, 1.165) is 18.2 Å². The van der Waals surface area contributed by atoms with Gasteiger partial charge in [0.1, 0.15) is 0 Å². The summed E-state index contributed by atoms with van der Waals surface area (Å²) < 4.78 is 25.7. The quantitative estimate of drug-likeness (QED) is 0.729. The van der Waals surface area contributed by atoms with Crippen LogP contribution in [0.25, 0.3) is 0 Å². The second-order valence-electron chi connectivity index (χ2n) is 5.86. The molecular formula is C15H25N3O2S. The smallest absolute Gasteiger partial charge is 0.240 e. The molecule has 4 N–H and O–H groups in total. The Morgan fingerprint density at radius 3 is 2.62 bits per heavy atom. The van der Waals surface area contributed by atoms with Crippen molar-refractivity contribution in [3.63, 3.8) is 0 Å². The summed E-state index contributed by atoms with van der Waals surface area (Å²) in [6, 6.07) is 4.82. The number of nitrogen functional groups attached to an aromatic ring is 1. The molecule has 0 amide bonds. The van der Waals surface area contributed by atoms with E-state index in [1.807, 2.05) is 0 Å². The maximum absolute atomic E-state index is 11.7. The number of hydrogen-bond donors (Lipinski definition) is 3. The van der Waals surface area contributed by atoms with Crippen molar-refractivity contribution < 1.29 is 8.42 Å². The molecule has 0 heterocycles. The summed E-state index contributed by atoms with van der Waals surface area (Å²) in [6.45, 7) is 3.20. The van der Waals surface area contributed by atoms with Gasteiger partial charge in [-0.15, -0.1) is 0 Å². The Hall–Kier alpha value is -1.27. The van der Waals surface area contributed by atoms with Crippen molar-refractivity contribution in [2.24, 2.45) is 11.8 Å². The zero-order chi connectivity index (χ0) is 15.5. The van der Waals surface area contributed by atoms with E-state index in [9.17, 15) is 8.42 Å². The predicted molar refractivity (Wildman–Crippen MR) is 86.7 cm³/mol. The highest BCUT2D eigenvalue weighted by molar-refractivity contribution is 7.89. The fourth-order valence-electron chi connectivity index (χ4n) is 2.92. The number of sulfonamides is 1. The fraction of sp³-hybridized carbons (Fsp3) is 0.600. The molecular weight excluding hydrogens is 286 g/mol. The molecule has 0 spiro atoms. The first-order chi connectivity index (χ1) is 9.94. The van der Waals surface area contributed by atoms with Crippen molar-refractivity contribution in [2.45, 2.75) is 37.5 Å². The van der Waals surface area contributed by atoms with Crippen molar-refractivity contribution in [3.8, 4) is 0 Å². The third-order valence-corrected chi connectivity index (χ3v) is 5.86. The summed E-state index contributed by atoms with van der Waals surface area (Å²) >= 11 is 0. The maximum atomic E-state index is 11.7. The van der Waals surface area contributed by atoms with Crippen molar-refractivity contribution in [1.29, 1.82) is 0 Å². The van der Waals surface area contributed by atoms with Crippen LogP contribution in [0.4, 0.5) is 11.4 Å². The predicted octanol–water partition coefficient (Wildman–Crippen LogP) is 2.42. The van der Waals surface area contributed by atoms with E-state index in [2.05, 4.69) is 17.0 Å². The number of hydrogen-bond acceptors (Lipinski definition) is 4. The average molecular weight is 311 g/mol. The van der Waals surface area contributed by atoms with Gasteiger partial charge in [-0.2, -0.15) is 0 Å². The van der Waals surface area contributed by atoms with Crippen LogP contribution in [0.15, 0.2) is 23.1 Å². The molecule has 118 valence electrons. The third kappa shape index (κ3) is 3.89. The highest BCUT2D eigenvalue weighted by Gasteiger charge is 2.21. The lowest BCUT2D eigenvalue weighted by molar-refractivity contribution is 0.268. The molecule has 6 heteroatoms. The first-order valence-electron chi connectivity index (χ1n) is 7.51. The molecule has 21 heavy (non-hydrogen) atoms. The Morgan fingerprint density at radius 2 is 2.00 bits per heavy atom. The van der Waals surface area contributed by atoms with Gasteiger partial charge in [-0.1, -0.05) is 26.2 Å². The lowest BCUT2D eigenvalue weighted by Crippen LogP contribution is -2.24. The lowest BCUT2D eigenvalue weighted by Gasteiger charge is -2.29. The highest BCUT2D eigenvalue weighted by Crippen LogP contribution is 2.30. The maximum Gasteiger partial charge on any atom is 0.240 e. The van der Waals surface area contributed by atoms with Crippen molar-refractivity contribution in [3.05, 3.63) is 18.2 Å². The Balaban J connectivity index is 2.04. The molecule has 0 bridgehead atoms. The van der Waals surface area contributed by atoms with Crippen LogP contribution in [0.5, 0.6) is 0 Å². The van der Waals surface area contributed by atoms with Gasteiger partial charge in [-0.25, -0.2) is 13.1 Å². The highest BCUT2D eigenvalue weighted by atomic mass is 32.2. The van der Waals surface area contributed by atoms with Crippen LogP contribution in [0.1, 0.15) is 32.6 Å². The first-order valence-corrected chi connectivity index (χ1v) is 8.99. The summed E-state index contributed by atoms with van der Waals surface area (Å²) in [4.78, 5) is 0.194. The topological polar surface area (TPSA) is 84.2 Å². The molecule has 0 aliphatic heterocycles. The molecule has 5 nitrogen and oxygen atoms in total. The molecule has 1 saturated carbocycles. The molecule has 0 radical (unpaired) electrons. The minimum absolute atomic E-state index is 0.194. The monoisotopic (exact) mass is 311 g/mol. The second-order valence-corrected chi connectivity index (χ2v) is 7.75. The number of nitrogens with two attached hydrogens (primary N) is 1. The van der Waals surface area contributed by atoms with Crippen LogP contribution in [0.3, 0.4) is 0 Å². The largest absolute Gasteiger partial charge is 0.397 e. The van der Waals surface area contributed by atoms with Gasteiger partial charge in [0.05, 0.1) is 16.3 Å². The number of rotatable bonds is 5. The molecule has 1 fully saturated rings. The van der Waals surface area contributed by atoms with Gasteiger partial charge in [-0.3, -0.25) is 0 Å². The molecule has 2 rings (SSSR count). The molecule has 2 unspecified atom stereocenters. The fourth-order valence-corrected chi connectivity index (χ4v) is 3.69. The third-order valence-electron chi connectivity index (χ3n) is 4.45. The van der Waals surface area contributed by atoms with E-state index in [1.165, 1.54) is 38.8 Å². The number of anilines is 2. The SMILES string of the molecule is CNS(=O)(=O)c1ccc(NCC2CCCCC2C)c(N)c1. The Morgan fingerprint density at radius 1 is 1.29 bits per heavy atom. The van der Waals surface area contributed by atoms with Crippen LogP contribution in [-0.2, 0) is 10.0 Å². The van der Waals surface area contributed by atoms with Crippen LogP contribution >= 0.6 is 0 Å². The van der Waals surface area contributed by atoms with E-state index < -0.39 is 10.0 Å². The Labute approximate surface area is 127 Å². The van der Waals surface area contributed by atoms with Crippen LogP contribution in [0.2, 0.25) is 0 Å².